The minimum Gasteiger partial charge on any atom is -0.455 e. The molecular formula is C36H22N2O. The lowest BCUT2D eigenvalue weighted by Crippen LogP contribution is -1.86. The number of nitrogens with zero attached hydrogens (tertiary/aromatic N) is 2. The number of pyridine rings is 1. The second-order valence-corrected chi connectivity index (χ2v) is 10.2. The maximum atomic E-state index is 7.70. The molecule has 3 heteroatoms. The molecule has 0 saturated heterocycles. The fraction of sp³-hybridized carbons (Fsp3) is 0.0278. The summed E-state index contributed by atoms with van der Waals surface area (Å²) in [4.78, 5) is 4.52. The SMILES string of the molecule is [2H]C([2H])([2H])c1ccc(-c2ccc3c(c2)c2cc4c5ccccc5oc4c4c5c(-c6ccccc6)cccc5n3c24)nc1. The van der Waals surface area contributed by atoms with E-state index in [0.29, 0.717) is 0 Å². The van der Waals surface area contributed by atoms with Gasteiger partial charge in [0.05, 0.1) is 27.6 Å². The molecule has 4 heterocycles. The highest BCUT2D eigenvalue weighted by Gasteiger charge is 2.24. The molecule has 0 aliphatic rings. The minimum atomic E-state index is -2.18. The van der Waals surface area contributed by atoms with Crippen LogP contribution < -0.4 is 0 Å². The Morgan fingerprint density at radius 2 is 1.56 bits per heavy atom. The number of hydrogen-bond acceptors (Lipinski definition) is 2. The van der Waals surface area contributed by atoms with Crippen molar-refractivity contribution in [2.75, 3.05) is 0 Å². The number of aryl methyl sites for hydroxylation is 1. The Morgan fingerprint density at radius 3 is 2.44 bits per heavy atom. The van der Waals surface area contributed by atoms with Gasteiger partial charge in [0.2, 0.25) is 0 Å². The van der Waals surface area contributed by atoms with Crippen LogP contribution in [-0.4, -0.2) is 9.38 Å². The number of rotatable bonds is 2. The Kier molecular flexibility index (Phi) is 3.47. The van der Waals surface area contributed by atoms with Crippen molar-refractivity contribution < 1.29 is 8.53 Å². The van der Waals surface area contributed by atoms with E-state index in [4.69, 9.17) is 8.53 Å². The summed E-state index contributed by atoms with van der Waals surface area (Å²) >= 11 is 0. The van der Waals surface area contributed by atoms with Crippen LogP contribution in [-0.2, 0) is 0 Å². The molecule has 0 fully saturated rings. The fourth-order valence-corrected chi connectivity index (χ4v) is 6.41. The van der Waals surface area contributed by atoms with E-state index in [2.05, 4.69) is 88.2 Å². The smallest absolute Gasteiger partial charge is 0.145 e. The Morgan fingerprint density at radius 1 is 0.667 bits per heavy atom. The van der Waals surface area contributed by atoms with Gasteiger partial charge >= 0.3 is 0 Å². The molecule has 0 amide bonds. The van der Waals surface area contributed by atoms with E-state index in [1.807, 2.05) is 18.2 Å². The van der Waals surface area contributed by atoms with Gasteiger partial charge in [0.15, 0.2) is 0 Å². The van der Waals surface area contributed by atoms with Crippen LogP contribution >= 0.6 is 0 Å². The molecule has 5 aromatic carbocycles. The minimum absolute atomic E-state index is 0.239. The number of hydrogen-bond donors (Lipinski definition) is 0. The van der Waals surface area contributed by atoms with Crippen LogP contribution in [0.3, 0.4) is 0 Å². The van der Waals surface area contributed by atoms with Gasteiger partial charge in [-0.15, -0.1) is 0 Å². The van der Waals surface area contributed by atoms with Crippen LogP contribution in [0.1, 0.15) is 9.68 Å². The molecule has 9 rings (SSSR count). The molecule has 0 spiro atoms. The van der Waals surface area contributed by atoms with Crippen LogP contribution in [0.15, 0.2) is 120 Å². The van der Waals surface area contributed by atoms with Crippen LogP contribution in [0.25, 0.3) is 82.4 Å². The van der Waals surface area contributed by atoms with E-state index in [0.717, 1.165) is 65.9 Å². The molecule has 0 unspecified atom stereocenters. The summed E-state index contributed by atoms with van der Waals surface area (Å²) in [7, 11) is 0. The molecule has 0 atom stereocenters. The second-order valence-electron chi connectivity index (χ2n) is 10.2. The fourth-order valence-electron chi connectivity index (χ4n) is 6.41. The average Bonchev–Trinajstić information content (AvgIpc) is 3.67. The van der Waals surface area contributed by atoms with Crippen LogP contribution in [0.5, 0.6) is 0 Å². The van der Waals surface area contributed by atoms with Gasteiger partial charge in [-0.25, -0.2) is 0 Å². The van der Waals surface area contributed by atoms with E-state index in [-0.39, 0.29) is 5.56 Å². The third kappa shape index (κ3) is 2.74. The number of para-hydroxylation sites is 1. The Hall–Kier alpha value is -5.15. The molecule has 4 aromatic heterocycles. The lowest BCUT2D eigenvalue weighted by Gasteiger charge is -2.07. The summed E-state index contributed by atoms with van der Waals surface area (Å²) in [6.45, 7) is -2.18. The third-order valence-corrected chi connectivity index (χ3v) is 8.07. The molecular weight excluding hydrogens is 476 g/mol. The molecule has 9 aromatic rings. The first kappa shape index (κ1) is 18.2. The van der Waals surface area contributed by atoms with E-state index >= 15 is 0 Å². The molecule has 0 saturated carbocycles. The molecule has 0 N–H and O–H groups in total. The first-order valence-corrected chi connectivity index (χ1v) is 13.1. The van der Waals surface area contributed by atoms with Gasteiger partial charge in [-0.2, -0.15) is 0 Å². The highest BCUT2D eigenvalue weighted by Crippen LogP contribution is 2.48. The predicted molar refractivity (Wildman–Crippen MR) is 162 cm³/mol. The molecule has 0 radical (unpaired) electrons. The quantitative estimate of drug-likeness (QED) is 0.236. The molecule has 3 nitrogen and oxygen atoms in total. The van der Waals surface area contributed by atoms with E-state index in [1.54, 1.807) is 12.1 Å². The lowest BCUT2D eigenvalue weighted by atomic mass is 9.97. The summed E-state index contributed by atoms with van der Waals surface area (Å²) in [5, 5.41) is 6.75. The number of furan rings is 1. The second kappa shape index (κ2) is 7.46. The Labute approximate surface area is 228 Å². The normalized spacial score (nSPS) is 13.7. The van der Waals surface area contributed by atoms with Crippen molar-refractivity contribution in [2.24, 2.45) is 0 Å². The lowest BCUT2D eigenvalue weighted by molar-refractivity contribution is 0.673. The molecule has 182 valence electrons. The van der Waals surface area contributed by atoms with Gasteiger partial charge in [0.25, 0.3) is 0 Å². The first-order chi connectivity index (χ1) is 20.5. The van der Waals surface area contributed by atoms with E-state index < -0.39 is 6.85 Å². The number of benzene rings is 5. The zero-order valence-corrected chi connectivity index (χ0v) is 20.8. The first-order valence-electron chi connectivity index (χ1n) is 14.6. The van der Waals surface area contributed by atoms with Gasteiger partial charge in [0, 0.05) is 42.8 Å². The standard InChI is InChI=1S/C36H22N2O/c1-21-14-16-29(37-20-21)23-15-17-30-26(18-23)27-19-28-25-10-5-6-13-32(25)39-36(28)34-33-24(22-8-3-2-4-9-22)11-7-12-31(33)38(30)35(27)34/h2-20H,1H3/i1D3. The largest absolute Gasteiger partial charge is 0.455 e. The van der Waals surface area contributed by atoms with Crippen molar-refractivity contribution in [3.8, 4) is 22.4 Å². The zero-order chi connectivity index (χ0) is 28.2. The van der Waals surface area contributed by atoms with Crippen LogP contribution in [0.4, 0.5) is 0 Å². The summed E-state index contributed by atoms with van der Waals surface area (Å²) in [6, 6.07) is 37.4. The summed E-state index contributed by atoms with van der Waals surface area (Å²) in [6.07, 6.45) is 1.46. The van der Waals surface area contributed by atoms with Gasteiger partial charge in [0.1, 0.15) is 11.2 Å². The van der Waals surface area contributed by atoms with Gasteiger partial charge in [-0.3, -0.25) is 4.98 Å². The number of aromatic nitrogens is 2. The maximum absolute atomic E-state index is 7.70. The summed E-state index contributed by atoms with van der Waals surface area (Å²) < 4.78 is 32.1. The van der Waals surface area contributed by atoms with Crippen molar-refractivity contribution in [2.45, 2.75) is 6.85 Å². The van der Waals surface area contributed by atoms with Crippen molar-refractivity contribution in [3.63, 3.8) is 0 Å². The third-order valence-electron chi connectivity index (χ3n) is 8.07. The Bertz CT molecular complexity index is 2490. The van der Waals surface area contributed by atoms with Gasteiger partial charge < -0.3 is 8.82 Å². The van der Waals surface area contributed by atoms with Crippen molar-refractivity contribution in [1.29, 1.82) is 0 Å². The zero-order valence-electron chi connectivity index (χ0n) is 23.8. The van der Waals surface area contributed by atoms with Gasteiger partial charge in [-0.1, -0.05) is 72.8 Å². The highest BCUT2D eigenvalue weighted by atomic mass is 16.3. The average molecular weight is 502 g/mol. The summed E-state index contributed by atoms with van der Waals surface area (Å²) in [5.74, 6) is 0. The highest BCUT2D eigenvalue weighted by molar-refractivity contribution is 6.34. The van der Waals surface area contributed by atoms with E-state index in [1.165, 1.54) is 22.7 Å². The molecule has 0 bridgehead atoms. The van der Waals surface area contributed by atoms with E-state index in [9.17, 15) is 0 Å². The van der Waals surface area contributed by atoms with Crippen LogP contribution in [0, 0.1) is 6.85 Å². The summed E-state index contributed by atoms with van der Waals surface area (Å²) in [5.41, 5.74) is 9.41. The monoisotopic (exact) mass is 501 g/mol. The van der Waals surface area contributed by atoms with Crippen molar-refractivity contribution >= 4 is 60.0 Å². The topological polar surface area (TPSA) is 30.4 Å². The molecule has 39 heavy (non-hydrogen) atoms. The molecule has 0 aliphatic carbocycles. The Balaban J connectivity index is 1.43. The maximum Gasteiger partial charge on any atom is 0.145 e. The van der Waals surface area contributed by atoms with Crippen molar-refractivity contribution in [1.82, 2.24) is 9.38 Å². The van der Waals surface area contributed by atoms with Gasteiger partial charge in [-0.05, 0) is 59.9 Å². The number of fused-ring (bicyclic) bond motifs is 10. The van der Waals surface area contributed by atoms with Crippen molar-refractivity contribution in [3.05, 3.63) is 121 Å². The van der Waals surface area contributed by atoms with Crippen LogP contribution in [0.2, 0.25) is 0 Å². The predicted octanol–water partition coefficient (Wildman–Crippen LogP) is 9.77. The molecule has 0 aliphatic heterocycles.